The Hall–Kier alpha value is -1.70. The minimum atomic E-state index is -3.10. The highest BCUT2D eigenvalue weighted by Crippen LogP contribution is 2.39. The van der Waals surface area contributed by atoms with Gasteiger partial charge in [0.25, 0.3) is 5.91 Å². The Bertz CT molecular complexity index is 918. The minimum absolute atomic E-state index is 0.117. The molecule has 0 bridgehead atoms. The minimum Gasteiger partial charge on any atom is -0.350 e. The largest absolute Gasteiger partial charge is 0.350 e. The van der Waals surface area contributed by atoms with Gasteiger partial charge in [0.15, 0.2) is 0 Å². The number of nitrogens with zero attached hydrogens (tertiary/aromatic N) is 1. The molecule has 0 saturated carbocycles. The Morgan fingerprint density at radius 2 is 2.00 bits per heavy atom. The molecule has 1 aliphatic heterocycles. The number of nitrogens with one attached hydrogen (secondary N) is 1. The highest BCUT2D eigenvalue weighted by Gasteiger charge is 2.27. The summed E-state index contributed by atoms with van der Waals surface area (Å²) in [6, 6.07) is 10.3. The van der Waals surface area contributed by atoms with Crippen molar-refractivity contribution in [2.24, 2.45) is 0 Å². The van der Waals surface area contributed by atoms with Crippen LogP contribution in [0.5, 0.6) is 0 Å². The average molecular weight is 377 g/mol. The third-order valence-electron chi connectivity index (χ3n) is 4.81. The van der Waals surface area contributed by atoms with Crippen LogP contribution in [0.1, 0.15) is 27.2 Å². The third kappa shape index (κ3) is 3.23. The van der Waals surface area contributed by atoms with Crippen molar-refractivity contribution in [3.63, 3.8) is 0 Å². The summed E-state index contributed by atoms with van der Waals surface area (Å²) in [6.45, 7) is 1.25. The monoisotopic (exact) mass is 376 g/mol. The summed E-state index contributed by atoms with van der Waals surface area (Å²) in [6.07, 6.45) is 2.64. The SMILES string of the molecule is O=C(NCCN1CCCS1(=O)=O)c1cc2c(s1)-c1ccccc1CC2. The maximum absolute atomic E-state index is 12.4. The molecule has 2 aromatic rings. The standard InChI is InChI=1S/C18H20N2O3S2/c21-18(19-8-10-20-9-3-11-25(20,22)23)16-12-14-7-6-13-4-1-2-5-15(13)17(14)24-16/h1-2,4-5,12H,3,6-11H2,(H,19,21). The predicted octanol–water partition coefficient (Wildman–Crippen LogP) is 2.28. The van der Waals surface area contributed by atoms with Gasteiger partial charge in [-0.05, 0) is 42.0 Å². The molecule has 2 heterocycles. The van der Waals surface area contributed by atoms with Gasteiger partial charge < -0.3 is 5.32 Å². The number of hydrogen-bond donors (Lipinski definition) is 1. The fourth-order valence-electron chi connectivity index (χ4n) is 3.51. The average Bonchev–Trinajstić information content (AvgIpc) is 3.18. The second kappa shape index (κ2) is 6.55. The van der Waals surface area contributed by atoms with E-state index in [0.717, 1.165) is 12.8 Å². The van der Waals surface area contributed by atoms with Crippen molar-refractivity contribution in [3.8, 4) is 10.4 Å². The van der Waals surface area contributed by atoms with Gasteiger partial charge in [-0.2, -0.15) is 0 Å². The van der Waals surface area contributed by atoms with E-state index in [1.807, 2.05) is 12.1 Å². The molecule has 1 aliphatic carbocycles. The second-order valence-corrected chi connectivity index (χ2v) is 9.59. The van der Waals surface area contributed by atoms with Gasteiger partial charge in [-0.1, -0.05) is 24.3 Å². The van der Waals surface area contributed by atoms with E-state index >= 15 is 0 Å². The molecule has 1 amide bonds. The Balaban J connectivity index is 1.43. The fourth-order valence-corrected chi connectivity index (χ4v) is 6.22. The second-order valence-electron chi connectivity index (χ2n) is 6.45. The number of carbonyl (C=O) groups is 1. The summed E-state index contributed by atoms with van der Waals surface area (Å²) in [7, 11) is -3.10. The van der Waals surface area contributed by atoms with Crippen LogP contribution in [-0.4, -0.2) is 44.0 Å². The topological polar surface area (TPSA) is 66.5 Å². The van der Waals surface area contributed by atoms with Gasteiger partial charge in [0.05, 0.1) is 10.6 Å². The van der Waals surface area contributed by atoms with Gasteiger partial charge in [0.2, 0.25) is 10.0 Å². The maximum Gasteiger partial charge on any atom is 0.261 e. The highest BCUT2D eigenvalue weighted by atomic mass is 32.2. The summed E-state index contributed by atoms with van der Waals surface area (Å²) < 4.78 is 25.0. The lowest BCUT2D eigenvalue weighted by Crippen LogP contribution is -2.35. The van der Waals surface area contributed by atoms with Crippen molar-refractivity contribution in [2.45, 2.75) is 19.3 Å². The zero-order valence-corrected chi connectivity index (χ0v) is 15.5. The molecular weight excluding hydrogens is 356 g/mol. The van der Waals surface area contributed by atoms with Crippen molar-refractivity contribution < 1.29 is 13.2 Å². The van der Waals surface area contributed by atoms with Crippen LogP contribution in [0.25, 0.3) is 10.4 Å². The van der Waals surface area contributed by atoms with Crippen LogP contribution in [-0.2, 0) is 22.9 Å². The summed E-state index contributed by atoms with van der Waals surface area (Å²) in [5.74, 6) is 0.103. The maximum atomic E-state index is 12.4. The zero-order chi connectivity index (χ0) is 17.4. The molecule has 2 aliphatic rings. The van der Waals surface area contributed by atoms with Crippen LogP contribution in [0.15, 0.2) is 30.3 Å². The molecule has 1 N–H and O–H groups in total. The number of rotatable bonds is 4. The number of hydrogen-bond acceptors (Lipinski definition) is 4. The fraction of sp³-hybridized carbons (Fsp3) is 0.389. The number of benzene rings is 1. The molecule has 1 aromatic heterocycles. The summed E-state index contributed by atoms with van der Waals surface area (Å²) in [5.41, 5.74) is 3.80. The van der Waals surface area contributed by atoms with E-state index in [2.05, 4.69) is 23.5 Å². The number of carbonyl (C=O) groups excluding carboxylic acids is 1. The molecule has 0 spiro atoms. The number of thiophene rings is 1. The lowest BCUT2D eigenvalue weighted by atomic mass is 9.91. The lowest BCUT2D eigenvalue weighted by Gasteiger charge is -2.15. The predicted molar refractivity (Wildman–Crippen MR) is 99.5 cm³/mol. The molecule has 1 fully saturated rings. The number of amides is 1. The Morgan fingerprint density at radius 1 is 1.20 bits per heavy atom. The van der Waals surface area contributed by atoms with Gasteiger partial charge in [0, 0.05) is 24.5 Å². The third-order valence-corrected chi connectivity index (χ3v) is 7.97. The smallest absolute Gasteiger partial charge is 0.261 e. The lowest BCUT2D eigenvalue weighted by molar-refractivity contribution is 0.0956. The molecule has 5 nitrogen and oxygen atoms in total. The Labute approximate surface area is 151 Å². The van der Waals surface area contributed by atoms with E-state index in [1.165, 1.54) is 37.2 Å². The van der Waals surface area contributed by atoms with Crippen molar-refractivity contribution in [1.82, 2.24) is 9.62 Å². The van der Waals surface area contributed by atoms with Gasteiger partial charge >= 0.3 is 0 Å². The summed E-state index contributed by atoms with van der Waals surface area (Å²) in [5, 5.41) is 2.86. The van der Waals surface area contributed by atoms with E-state index < -0.39 is 10.0 Å². The molecule has 7 heteroatoms. The molecular formula is C18H20N2O3S2. The van der Waals surface area contributed by atoms with E-state index in [1.54, 1.807) is 0 Å². The molecule has 4 rings (SSSR count). The number of aryl methyl sites for hydroxylation is 2. The van der Waals surface area contributed by atoms with Crippen molar-refractivity contribution in [2.75, 3.05) is 25.4 Å². The molecule has 25 heavy (non-hydrogen) atoms. The molecule has 0 atom stereocenters. The molecule has 1 aromatic carbocycles. The van der Waals surface area contributed by atoms with Gasteiger partial charge in [-0.3, -0.25) is 4.79 Å². The van der Waals surface area contributed by atoms with Gasteiger partial charge in [0.1, 0.15) is 0 Å². The van der Waals surface area contributed by atoms with E-state index in [0.29, 0.717) is 30.9 Å². The summed E-state index contributed by atoms with van der Waals surface area (Å²) >= 11 is 1.52. The first-order valence-electron chi connectivity index (χ1n) is 8.51. The summed E-state index contributed by atoms with van der Waals surface area (Å²) in [4.78, 5) is 14.3. The van der Waals surface area contributed by atoms with E-state index in [-0.39, 0.29) is 11.7 Å². The molecule has 1 saturated heterocycles. The first-order valence-corrected chi connectivity index (χ1v) is 10.9. The van der Waals surface area contributed by atoms with Crippen LogP contribution < -0.4 is 5.32 Å². The zero-order valence-electron chi connectivity index (χ0n) is 13.8. The Morgan fingerprint density at radius 3 is 2.80 bits per heavy atom. The normalized spacial score (nSPS) is 18.6. The molecule has 0 radical (unpaired) electrons. The van der Waals surface area contributed by atoms with Gasteiger partial charge in [-0.25, -0.2) is 12.7 Å². The van der Waals surface area contributed by atoms with Crippen LogP contribution in [0, 0.1) is 0 Å². The highest BCUT2D eigenvalue weighted by molar-refractivity contribution is 7.89. The first-order chi connectivity index (χ1) is 12.0. The van der Waals surface area contributed by atoms with Crippen molar-refractivity contribution in [3.05, 3.63) is 46.3 Å². The van der Waals surface area contributed by atoms with Gasteiger partial charge in [-0.15, -0.1) is 11.3 Å². The quantitative estimate of drug-likeness (QED) is 0.890. The molecule has 132 valence electrons. The van der Waals surface area contributed by atoms with Crippen LogP contribution >= 0.6 is 11.3 Å². The number of fused-ring (bicyclic) bond motifs is 3. The first kappa shape index (κ1) is 16.8. The van der Waals surface area contributed by atoms with Crippen LogP contribution in [0.3, 0.4) is 0 Å². The van der Waals surface area contributed by atoms with Crippen LogP contribution in [0.4, 0.5) is 0 Å². The van der Waals surface area contributed by atoms with E-state index in [9.17, 15) is 13.2 Å². The molecule has 0 unspecified atom stereocenters. The Kier molecular flexibility index (Phi) is 4.39. The van der Waals surface area contributed by atoms with Crippen molar-refractivity contribution in [1.29, 1.82) is 0 Å². The van der Waals surface area contributed by atoms with Crippen LogP contribution in [0.2, 0.25) is 0 Å². The number of sulfonamides is 1. The van der Waals surface area contributed by atoms with Crippen molar-refractivity contribution >= 4 is 27.3 Å². The van der Waals surface area contributed by atoms with E-state index in [4.69, 9.17) is 0 Å².